The predicted octanol–water partition coefficient (Wildman–Crippen LogP) is 3.26. The van der Waals surface area contributed by atoms with Gasteiger partial charge in [0.25, 0.3) is 0 Å². The van der Waals surface area contributed by atoms with Gasteiger partial charge < -0.3 is 10.2 Å². The molecule has 3 rings (SSSR count). The third kappa shape index (κ3) is 5.12. The zero-order chi connectivity index (χ0) is 24.5. The highest BCUT2D eigenvalue weighted by molar-refractivity contribution is 7.89. The van der Waals surface area contributed by atoms with Crippen LogP contribution in [-0.4, -0.2) is 55.6 Å². The SMILES string of the molecule is CC(=O)Nc1ccc(CC(=O)N2CCN(S(=O)(=O)c3c(C)c(C)c(C)c(C)c3C)CC2)cc1. The first-order valence-corrected chi connectivity index (χ1v) is 12.6. The van der Waals surface area contributed by atoms with E-state index in [1.807, 2.05) is 46.8 Å². The van der Waals surface area contributed by atoms with Gasteiger partial charge in [-0.15, -0.1) is 0 Å². The predicted molar refractivity (Wildman–Crippen MR) is 130 cm³/mol. The topological polar surface area (TPSA) is 86.8 Å². The van der Waals surface area contributed by atoms with E-state index < -0.39 is 10.0 Å². The number of nitrogens with zero attached hydrogens (tertiary/aromatic N) is 2. The molecule has 33 heavy (non-hydrogen) atoms. The third-order valence-electron chi connectivity index (χ3n) is 6.75. The van der Waals surface area contributed by atoms with Crippen molar-refractivity contribution in [3.05, 3.63) is 57.6 Å². The molecule has 0 spiro atoms. The number of nitrogens with one attached hydrogen (secondary N) is 1. The fourth-order valence-electron chi connectivity index (χ4n) is 4.36. The fourth-order valence-corrected chi connectivity index (χ4v) is 6.34. The first kappa shape index (κ1) is 24.9. The number of hydrogen-bond acceptors (Lipinski definition) is 4. The zero-order valence-corrected chi connectivity index (χ0v) is 21.1. The van der Waals surface area contributed by atoms with Crippen LogP contribution in [0.5, 0.6) is 0 Å². The van der Waals surface area contributed by atoms with Gasteiger partial charge in [-0.05, 0) is 80.1 Å². The van der Waals surface area contributed by atoms with E-state index in [1.54, 1.807) is 17.0 Å². The molecule has 0 atom stereocenters. The van der Waals surface area contributed by atoms with Crippen LogP contribution in [0.2, 0.25) is 0 Å². The van der Waals surface area contributed by atoms with Crippen LogP contribution in [0.3, 0.4) is 0 Å². The molecule has 2 amide bonds. The highest BCUT2D eigenvalue weighted by atomic mass is 32.2. The van der Waals surface area contributed by atoms with E-state index in [1.165, 1.54) is 11.2 Å². The second-order valence-electron chi connectivity index (χ2n) is 8.79. The number of benzene rings is 2. The molecule has 8 heteroatoms. The number of sulfonamides is 1. The lowest BCUT2D eigenvalue weighted by Gasteiger charge is -2.35. The number of amides is 2. The van der Waals surface area contributed by atoms with Gasteiger partial charge in [-0.2, -0.15) is 4.31 Å². The second-order valence-corrected chi connectivity index (χ2v) is 10.7. The molecule has 1 aliphatic rings. The van der Waals surface area contributed by atoms with Gasteiger partial charge >= 0.3 is 0 Å². The number of carbonyl (C=O) groups is 2. The molecule has 0 aromatic heterocycles. The van der Waals surface area contributed by atoms with Crippen molar-refractivity contribution in [1.82, 2.24) is 9.21 Å². The summed E-state index contributed by atoms with van der Waals surface area (Å²) in [4.78, 5) is 26.0. The van der Waals surface area contributed by atoms with Gasteiger partial charge in [-0.1, -0.05) is 12.1 Å². The first-order valence-electron chi connectivity index (χ1n) is 11.1. The van der Waals surface area contributed by atoms with Crippen molar-refractivity contribution in [3.8, 4) is 0 Å². The normalized spacial score (nSPS) is 14.9. The Bertz CT molecular complexity index is 1150. The molecule has 1 N–H and O–H groups in total. The van der Waals surface area contributed by atoms with Crippen LogP contribution in [-0.2, 0) is 26.0 Å². The van der Waals surface area contributed by atoms with E-state index >= 15 is 0 Å². The van der Waals surface area contributed by atoms with Crippen LogP contribution in [0, 0.1) is 34.6 Å². The van der Waals surface area contributed by atoms with E-state index in [-0.39, 0.29) is 31.3 Å². The molecule has 0 aliphatic carbocycles. The summed E-state index contributed by atoms with van der Waals surface area (Å²) in [5.74, 6) is -0.179. The summed E-state index contributed by atoms with van der Waals surface area (Å²) >= 11 is 0. The van der Waals surface area contributed by atoms with Gasteiger partial charge in [-0.3, -0.25) is 9.59 Å². The monoisotopic (exact) mass is 471 g/mol. The van der Waals surface area contributed by atoms with Crippen molar-refractivity contribution in [2.24, 2.45) is 0 Å². The van der Waals surface area contributed by atoms with Crippen LogP contribution >= 0.6 is 0 Å². The van der Waals surface area contributed by atoms with Crippen molar-refractivity contribution >= 4 is 27.5 Å². The highest BCUT2D eigenvalue weighted by Gasteiger charge is 2.33. The zero-order valence-electron chi connectivity index (χ0n) is 20.3. The Balaban J connectivity index is 1.68. The maximum absolute atomic E-state index is 13.5. The fraction of sp³-hybridized carbons (Fsp3) is 0.440. The molecule has 178 valence electrons. The van der Waals surface area contributed by atoms with Crippen molar-refractivity contribution in [2.75, 3.05) is 31.5 Å². The summed E-state index contributed by atoms with van der Waals surface area (Å²) in [5, 5.41) is 2.70. The summed E-state index contributed by atoms with van der Waals surface area (Å²) in [5.41, 5.74) is 6.29. The Labute approximate surface area is 196 Å². The molecule has 0 bridgehead atoms. The minimum atomic E-state index is -3.65. The molecular formula is C25H33N3O4S. The van der Waals surface area contributed by atoms with Crippen LogP contribution in [0.25, 0.3) is 0 Å². The van der Waals surface area contributed by atoms with Crippen molar-refractivity contribution in [3.63, 3.8) is 0 Å². The standard InChI is InChI=1S/C25H33N3O4S/c1-16-17(2)19(4)25(20(5)18(16)3)33(31,32)28-13-11-27(12-14-28)24(30)15-22-7-9-23(10-8-22)26-21(6)29/h7-10H,11-15H2,1-6H3,(H,26,29). The molecule has 7 nitrogen and oxygen atoms in total. The van der Waals surface area contributed by atoms with Gasteiger partial charge in [0.1, 0.15) is 0 Å². The Hall–Kier alpha value is -2.71. The van der Waals surface area contributed by atoms with Gasteiger partial charge in [0.2, 0.25) is 21.8 Å². The number of carbonyl (C=O) groups excluding carboxylic acids is 2. The van der Waals surface area contributed by atoms with Crippen LogP contribution < -0.4 is 5.32 Å². The van der Waals surface area contributed by atoms with E-state index in [9.17, 15) is 18.0 Å². The number of hydrogen-bond donors (Lipinski definition) is 1. The van der Waals surface area contributed by atoms with Gasteiger partial charge in [0.15, 0.2) is 0 Å². The summed E-state index contributed by atoms with van der Waals surface area (Å²) in [7, 11) is -3.65. The summed E-state index contributed by atoms with van der Waals surface area (Å²) in [6.45, 7) is 12.4. The molecule has 1 heterocycles. The minimum Gasteiger partial charge on any atom is -0.340 e. The highest BCUT2D eigenvalue weighted by Crippen LogP contribution is 2.32. The van der Waals surface area contributed by atoms with Gasteiger partial charge in [-0.25, -0.2) is 8.42 Å². The minimum absolute atomic E-state index is 0.0336. The third-order valence-corrected chi connectivity index (χ3v) is 8.92. The van der Waals surface area contributed by atoms with Gasteiger partial charge in [0.05, 0.1) is 11.3 Å². The molecule has 1 aliphatic heterocycles. The molecule has 1 saturated heterocycles. The van der Waals surface area contributed by atoms with E-state index in [0.717, 1.165) is 33.4 Å². The maximum atomic E-state index is 13.5. The molecule has 2 aromatic carbocycles. The van der Waals surface area contributed by atoms with E-state index in [4.69, 9.17) is 0 Å². The average molecular weight is 472 g/mol. The first-order chi connectivity index (χ1) is 15.4. The molecular weight excluding hydrogens is 438 g/mol. The van der Waals surface area contributed by atoms with Crippen LogP contribution in [0.1, 0.15) is 40.3 Å². The van der Waals surface area contributed by atoms with Crippen molar-refractivity contribution in [1.29, 1.82) is 0 Å². The lowest BCUT2D eigenvalue weighted by atomic mass is 9.95. The number of rotatable bonds is 5. The Kier molecular flexibility index (Phi) is 7.29. The Morgan fingerprint density at radius 1 is 0.818 bits per heavy atom. The molecule has 0 saturated carbocycles. The second kappa shape index (κ2) is 9.65. The summed E-state index contributed by atoms with van der Waals surface area (Å²) < 4.78 is 28.5. The van der Waals surface area contributed by atoms with Crippen molar-refractivity contribution in [2.45, 2.75) is 52.9 Å². The molecule has 1 fully saturated rings. The number of anilines is 1. The quantitative estimate of drug-likeness (QED) is 0.725. The van der Waals surface area contributed by atoms with Gasteiger partial charge in [0, 0.05) is 38.8 Å². The van der Waals surface area contributed by atoms with Crippen molar-refractivity contribution < 1.29 is 18.0 Å². The lowest BCUT2D eigenvalue weighted by molar-refractivity contribution is -0.131. The van der Waals surface area contributed by atoms with Crippen LogP contribution in [0.4, 0.5) is 5.69 Å². The summed E-state index contributed by atoms with van der Waals surface area (Å²) in [6.07, 6.45) is 0.238. The van der Waals surface area contributed by atoms with Crippen LogP contribution in [0.15, 0.2) is 29.2 Å². The molecule has 2 aromatic rings. The smallest absolute Gasteiger partial charge is 0.243 e. The largest absolute Gasteiger partial charge is 0.340 e. The molecule has 0 radical (unpaired) electrons. The summed E-state index contributed by atoms with van der Waals surface area (Å²) in [6, 6.07) is 7.17. The maximum Gasteiger partial charge on any atom is 0.243 e. The average Bonchev–Trinajstić information content (AvgIpc) is 2.77. The Morgan fingerprint density at radius 2 is 1.30 bits per heavy atom. The Morgan fingerprint density at radius 3 is 1.79 bits per heavy atom. The van der Waals surface area contributed by atoms with E-state index in [2.05, 4.69) is 5.32 Å². The molecule has 0 unspecified atom stereocenters. The van der Waals surface area contributed by atoms with E-state index in [0.29, 0.717) is 23.7 Å². The lowest BCUT2D eigenvalue weighted by Crippen LogP contribution is -2.51. The number of piperazine rings is 1.